The number of carbonyl (C=O) groups excluding carboxylic acids is 4. The highest BCUT2D eigenvalue weighted by Crippen LogP contribution is 2.29. The fraction of sp³-hybridized carbons (Fsp3) is 0.0741. The summed E-state index contributed by atoms with van der Waals surface area (Å²) in [7, 11) is 1.45. The average Bonchev–Trinajstić information content (AvgIpc) is 3.11. The number of methoxy groups -OCH3 is 1. The van der Waals surface area contributed by atoms with E-state index < -0.39 is 29.4 Å². The van der Waals surface area contributed by atoms with Crippen LogP contribution in [0.1, 0.15) is 31.8 Å². The predicted octanol–water partition coefficient (Wildman–Crippen LogP) is 3.46. The lowest BCUT2D eigenvalue weighted by Gasteiger charge is -2.29. The molecule has 1 N–H and O–H groups in total. The van der Waals surface area contributed by atoms with Gasteiger partial charge in [-0.1, -0.05) is 24.3 Å². The van der Waals surface area contributed by atoms with Crippen LogP contribution in [0.25, 0.3) is 6.08 Å². The van der Waals surface area contributed by atoms with Crippen LogP contribution in [0, 0.1) is 5.82 Å². The van der Waals surface area contributed by atoms with E-state index in [1.54, 1.807) is 42.5 Å². The quantitative estimate of drug-likeness (QED) is 0.242. The Labute approximate surface area is 215 Å². The number of hydrogen-bond donors (Lipinski definition) is 1. The number of nitrogens with zero attached hydrogens (tertiary/aromatic N) is 2. The maximum atomic E-state index is 13.8. The Morgan fingerprint density at radius 2 is 1.62 bits per heavy atom. The molecule has 2 aliphatic heterocycles. The monoisotopic (exact) mass is 515 g/mol. The minimum absolute atomic E-state index is 0.0772. The zero-order valence-electron chi connectivity index (χ0n) is 19.4. The fourth-order valence-electron chi connectivity index (χ4n) is 4.24. The second kappa shape index (κ2) is 9.40. The summed E-state index contributed by atoms with van der Waals surface area (Å²) in [5, 5.41) is 2.28. The number of imide groups is 1. The third kappa shape index (κ3) is 4.27. The zero-order valence-corrected chi connectivity index (χ0v) is 20.2. The topological polar surface area (TPSA) is 96.0 Å². The van der Waals surface area contributed by atoms with Gasteiger partial charge in [-0.25, -0.2) is 4.39 Å². The molecule has 3 aromatic carbocycles. The number of hydrogen-bond acceptors (Lipinski definition) is 6. The molecule has 2 heterocycles. The molecule has 0 aromatic heterocycles. The highest BCUT2D eigenvalue weighted by atomic mass is 32.1. The van der Waals surface area contributed by atoms with Crippen molar-refractivity contribution in [3.63, 3.8) is 0 Å². The van der Waals surface area contributed by atoms with Gasteiger partial charge in [0.15, 0.2) is 5.11 Å². The van der Waals surface area contributed by atoms with E-state index >= 15 is 0 Å². The Morgan fingerprint density at radius 3 is 2.27 bits per heavy atom. The molecule has 1 fully saturated rings. The molecular formula is C27H18FN3O5S. The summed E-state index contributed by atoms with van der Waals surface area (Å²) in [5.41, 5.74) is 1.52. The molecule has 0 aliphatic carbocycles. The number of ether oxygens (including phenoxy) is 1. The minimum Gasteiger partial charge on any atom is -0.496 e. The van der Waals surface area contributed by atoms with E-state index in [1.165, 1.54) is 31.4 Å². The van der Waals surface area contributed by atoms with Crippen LogP contribution in [-0.4, -0.2) is 40.8 Å². The summed E-state index contributed by atoms with van der Waals surface area (Å²) >= 11 is 5.15. The van der Waals surface area contributed by atoms with Gasteiger partial charge in [0.1, 0.15) is 17.1 Å². The first-order chi connectivity index (χ1) is 17.8. The number of rotatable bonds is 5. The van der Waals surface area contributed by atoms with Gasteiger partial charge in [-0.2, -0.15) is 0 Å². The van der Waals surface area contributed by atoms with Crippen molar-refractivity contribution in [2.24, 2.45) is 0 Å². The van der Waals surface area contributed by atoms with Crippen LogP contribution in [0.15, 0.2) is 72.3 Å². The van der Waals surface area contributed by atoms with Crippen molar-refractivity contribution in [1.82, 2.24) is 10.2 Å². The average molecular weight is 516 g/mol. The third-order valence-corrected chi connectivity index (χ3v) is 6.27. The van der Waals surface area contributed by atoms with Crippen molar-refractivity contribution in [3.8, 4) is 5.75 Å². The van der Waals surface area contributed by atoms with Crippen LogP contribution in [0.3, 0.4) is 0 Å². The summed E-state index contributed by atoms with van der Waals surface area (Å²) < 4.78 is 19.2. The smallest absolute Gasteiger partial charge is 0.270 e. The molecule has 8 nitrogen and oxygen atoms in total. The van der Waals surface area contributed by atoms with Gasteiger partial charge < -0.3 is 4.74 Å². The molecule has 0 radical (unpaired) electrons. The van der Waals surface area contributed by atoms with E-state index in [2.05, 4.69) is 5.32 Å². The van der Waals surface area contributed by atoms with Gasteiger partial charge in [0.2, 0.25) is 0 Å². The molecule has 1 saturated heterocycles. The number of amides is 4. The van der Waals surface area contributed by atoms with Crippen LogP contribution in [0.5, 0.6) is 5.75 Å². The summed E-state index contributed by atoms with van der Waals surface area (Å²) in [5.74, 6) is -2.43. The van der Waals surface area contributed by atoms with Crippen molar-refractivity contribution in [1.29, 1.82) is 0 Å². The van der Waals surface area contributed by atoms with E-state index in [-0.39, 0.29) is 22.9 Å². The SMILES string of the molecule is COc1ccc(C=C2C(=O)NC(=S)N(c3cccc(F)c3)C2=O)cc1CN1C(=O)c2ccccc2C1=O. The lowest BCUT2D eigenvalue weighted by atomic mass is 10.0. The third-order valence-electron chi connectivity index (χ3n) is 5.99. The van der Waals surface area contributed by atoms with E-state index in [9.17, 15) is 23.6 Å². The molecule has 184 valence electrons. The van der Waals surface area contributed by atoms with Gasteiger partial charge in [0.25, 0.3) is 23.6 Å². The Bertz CT molecular complexity index is 1520. The van der Waals surface area contributed by atoms with Crippen molar-refractivity contribution < 1.29 is 28.3 Å². The second-order valence-electron chi connectivity index (χ2n) is 8.25. The van der Waals surface area contributed by atoms with Crippen LogP contribution < -0.4 is 15.0 Å². The molecule has 37 heavy (non-hydrogen) atoms. The van der Waals surface area contributed by atoms with Gasteiger partial charge in [-0.05, 0) is 66.3 Å². The molecule has 10 heteroatoms. The summed E-state index contributed by atoms with van der Waals surface area (Å²) in [4.78, 5) is 53.7. The standard InChI is InChI=1S/C27H18FN3O5S/c1-36-22-10-9-15(11-16(22)14-30-24(33)19-7-2-3-8-20(19)25(30)34)12-21-23(32)29-27(37)31(26(21)35)18-6-4-5-17(28)13-18/h2-13H,14H2,1H3,(H,29,32,37). The molecule has 5 rings (SSSR count). The van der Waals surface area contributed by atoms with Crippen molar-refractivity contribution in [3.05, 3.63) is 100 Å². The molecular weight excluding hydrogens is 497 g/mol. The Hall–Kier alpha value is -4.70. The van der Waals surface area contributed by atoms with Crippen molar-refractivity contribution >= 4 is 52.7 Å². The minimum atomic E-state index is -0.725. The maximum absolute atomic E-state index is 13.8. The first kappa shape index (κ1) is 24.0. The molecule has 0 saturated carbocycles. The second-order valence-corrected chi connectivity index (χ2v) is 8.64. The van der Waals surface area contributed by atoms with Gasteiger partial charge in [0.05, 0.1) is 30.5 Å². The predicted molar refractivity (Wildman–Crippen MR) is 136 cm³/mol. The molecule has 3 aromatic rings. The maximum Gasteiger partial charge on any atom is 0.270 e. The van der Waals surface area contributed by atoms with Crippen LogP contribution in [-0.2, 0) is 16.1 Å². The lowest BCUT2D eigenvalue weighted by Crippen LogP contribution is -2.54. The Kier molecular flexibility index (Phi) is 6.10. The fourth-order valence-corrected chi connectivity index (χ4v) is 4.52. The van der Waals surface area contributed by atoms with Crippen molar-refractivity contribution in [2.75, 3.05) is 12.0 Å². The summed E-state index contributed by atoms with van der Waals surface area (Å²) in [6.07, 6.45) is 1.36. The van der Waals surface area contributed by atoms with Crippen LogP contribution >= 0.6 is 12.2 Å². The first-order valence-electron chi connectivity index (χ1n) is 11.1. The van der Waals surface area contributed by atoms with E-state index in [0.717, 1.165) is 15.9 Å². The molecule has 0 bridgehead atoms. The van der Waals surface area contributed by atoms with Gasteiger partial charge in [-0.15, -0.1) is 0 Å². The number of anilines is 1. The highest BCUT2D eigenvalue weighted by molar-refractivity contribution is 7.80. The Morgan fingerprint density at radius 1 is 0.919 bits per heavy atom. The Balaban J connectivity index is 1.48. The van der Waals surface area contributed by atoms with E-state index in [0.29, 0.717) is 28.0 Å². The number of thiocarbonyl (C=S) groups is 1. The summed E-state index contributed by atoms with van der Waals surface area (Å²) in [6.45, 7) is -0.0772. The molecule has 0 atom stereocenters. The number of fused-ring (bicyclic) bond motifs is 1. The molecule has 2 aliphatic rings. The molecule has 0 spiro atoms. The van der Waals surface area contributed by atoms with Gasteiger partial charge in [-0.3, -0.25) is 34.3 Å². The molecule has 0 unspecified atom stereocenters. The van der Waals surface area contributed by atoms with Gasteiger partial charge in [0, 0.05) is 5.56 Å². The van der Waals surface area contributed by atoms with E-state index in [4.69, 9.17) is 17.0 Å². The van der Waals surface area contributed by atoms with Gasteiger partial charge >= 0.3 is 0 Å². The number of halogens is 1. The normalized spacial score (nSPS) is 16.4. The zero-order chi connectivity index (χ0) is 26.3. The highest BCUT2D eigenvalue weighted by Gasteiger charge is 2.36. The first-order valence-corrected chi connectivity index (χ1v) is 11.5. The summed E-state index contributed by atoms with van der Waals surface area (Å²) in [6, 6.07) is 16.7. The number of nitrogens with one attached hydrogen (secondary N) is 1. The van der Waals surface area contributed by atoms with E-state index in [1.807, 2.05) is 0 Å². The lowest BCUT2D eigenvalue weighted by molar-refractivity contribution is -0.122. The van der Waals surface area contributed by atoms with Crippen molar-refractivity contribution in [2.45, 2.75) is 6.54 Å². The van der Waals surface area contributed by atoms with Crippen LogP contribution in [0.4, 0.5) is 10.1 Å². The number of benzene rings is 3. The van der Waals surface area contributed by atoms with Crippen LogP contribution in [0.2, 0.25) is 0 Å². The molecule has 4 amide bonds. The largest absolute Gasteiger partial charge is 0.496 e. The number of carbonyl (C=O) groups is 4.